The van der Waals surface area contributed by atoms with Crippen molar-refractivity contribution in [3.63, 3.8) is 0 Å². The first kappa shape index (κ1) is 20.5. The summed E-state index contributed by atoms with van der Waals surface area (Å²) in [7, 11) is 0. The van der Waals surface area contributed by atoms with Crippen molar-refractivity contribution in [1.29, 1.82) is 0 Å². The number of ether oxygens (including phenoxy) is 1. The van der Waals surface area contributed by atoms with Gasteiger partial charge in [-0.15, -0.1) is 0 Å². The topological polar surface area (TPSA) is 69.0 Å². The number of carbonyl (C=O) groups excluding carboxylic acids is 1. The molecule has 0 fully saturated rings. The van der Waals surface area contributed by atoms with Gasteiger partial charge >= 0.3 is 6.18 Å². The standard InChI is InChI=1S/C23H21F3N4O2/c24-23(25,26)15-7-8-18-14(11-15)12-16(13-32-18)28-22(31)20-21(17-5-1-3-9-27-17)30-10-4-2-6-19(30)29-20/h1,3,5,7-9,11,16H,2,4,6,10,12-13H2,(H,28,31)/t16-/m1/s1. The molecule has 1 amide bonds. The van der Waals surface area contributed by atoms with Gasteiger partial charge in [0.2, 0.25) is 0 Å². The molecular weight excluding hydrogens is 421 g/mol. The number of benzene rings is 1. The predicted octanol–water partition coefficient (Wildman–Crippen LogP) is 4.03. The quantitative estimate of drug-likeness (QED) is 0.665. The zero-order chi connectivity index (χ0) is 22.3. The highest BCUT2D eigenvalue weighted by Gasteiger charge is 2.33. The van der Waals surface area contributed by atoms with Crippen molar-refractivity contribution in [2.45, 2.75) is 44.4 Å². The number of nitrogens with zero attached hydrogens (tertiary/aromatic N) is 3. The van der Waals surface area contributed by atoms with Crippen LogP contribution in [-0.2, 0) is 25.6 Å². The van der Waals surface area contributed by atoms with Crippen LogP contribution < -0.4 is 10.1 Å². The van der Waals surface area contributed by atoms with Crippen molar-refractivity contribution in [2.75, 3.05) is 6.61 Å². The van der Waals surface area contributed by atoms with E-state index in [4.69, 9.17) is 4.74 Å². The van der Waals surface area contributed by atoms with Crippen LogP contribution in [0.5, 0.6) is 5.75 Å². The van der Waals surface area contributed by atoms with Crippen LogP contribution in [0.1, 0.15) is 40.3 Å². The lowest BCUT2D eigenvalue weighted by atomic mass is 10.00. The largest absolute Gasteiger partial charge is 0.491 e. The van der Waals surface area contributed by atoms with E-state index in [1.807, 2.05) is 22.8 Å². The highest BCUT2D eigenvalue weighted by Crippen LogP contribution is 2.34. The average Bonchev–Trinajstić information content (AvgIpc) is 3.18. The number of aromatic nitrogens is 3. The van der Waals surface area contributed by atoms with Crippen molar-refractivity contribution in [2.24, 2.45) is 0 Å². The maximum atomic E-state index is 13.2. The van der Waals surface area contributed by atoms with Crippen LogP contribution in [0.4, 0.5) is 13.2 Å². The van der Waals surface area contributed by atoms with Gasteiger partial charge < -0.3 is 14.6 Å². The molecule has 5 rings (SSSR count). The van der Waals surface area contributed by atoms with Crippen molar-refractivity contribution in [3.05, 3.63) is 65.2 Å². The Balaban J connectivity index is 1.41. The van der Waals surface area contributed by atoms with Gasteiger partial charge in [0.1, 0.15) is 18.2 Å². The Morgan fingerprint density at radius 1 is 1.19 bits per heavy atom. The lowest BCUT2D eigenvalue weighted by Gasteiger charge is -2.26. The van der Waals surface area contributed by atoms with Gasteiger partial charge in [0.05, 0.1) is 23.0 Å². The molecule has 0 radical (unpaired) electrons. The molecular formula is C23H21F3N4O2. The molecule has 6 nitrogen and oxygen atoms in total. The Morgan fingerprint density at radius 2 is 2.06 bits per heavy atom. The van der Waals surface area contributed by atoms with Crippen molar-refractivity contribution in [3.8, 4) is 17.1 Å². The number of rotatable bonds is 3. The Bertz CT molecular complexity index is 1160. The number of amides is 1. The van der Waals surface area contributed by atoms with Crippen LogP contribution in [-0.4, -0.2) is 33.1 Å². The lowest BCUT2D eigenvalue weighted by molar-refractivity contribution is -0.137. The molecule has 0 spiro atoms. The summed E-state index contributed by atoms with van der Waals surface area (Å²) in [6.07, 6.45) is 0.278. The normalized spacial score (nSPS) is 17.8. The second-order valence-corrected chi connectivity index (χ2v) is 8.05. The molecule has 0 unspecified atom stereocenters. The van der Waals surface area contributed by atoms with E-state index in [0.717, 1.165) is 43.8 Å². The van der Waals surface area contributed by atoms with Crippen LogP contribution in [0.15, 0.2) is 42.6 Å². The third-order valence-electron chi connectivity index (χ3n) is 5.83. The zero-order valence-electron chi connectivity index (χ0n) is 17.2. The van der Waals surface area contributed by atoms with Gasteiger partial charge in [-0.1, -0.05) is 6.07 Å². The van der Waals surface area contributed by atoms with Gasteiger partial charge in [0.15, 0.2) is 5.69 Å². The molecule has 2 aliphatic rings. The van der Waals surface area contributed by atoms with Gasteiger partial charge in [-0.25, -0.2) is 4.98 Å². The molecule has 166 valence electrons. The molecule has 9 heteroatoms. The number of aryl methyl sites for hydroxylation is 1. The number of pyridine rings is 1. The number of alkyl halides is 3. The Kier molecular flexibility index (Phi) is 5.11. The zero-order valence-corrected chi connectivity index (χ0v) is 17.2. The minimum absolute atomic E-state index is 0.177. The first-order valence-corrected chi connectivity index (χ1v) is 10.5. The van der Waals surface area contributed by atoms with Gasteiger partial charge in [0.25, 0.3) is 5.91 Å². The third kappa shape index (κ3) is 3.83. The Labute approximate surface area is 182 Å². The minimum Gasteiger partial charge on any atom is -0.491 e. The molecule has 4 heterocycles. The first-order chi connectivity index (χ1) is 15.4. The van der Waals surface area contributed by atoms with Crippen molar-refractivity contribution < 1.29 is 22.7 Å². The van der Waals surface area contributed by atoms with Crippen LogP contribution in [0, 0.1) is 0 Å². The first-order valence-electron chi connectivity index (χ1n) is 10.5. The number of carbonyl (C=O) groups is 1. The van der Waals surface area contributed by atoms with Gasteiger partial charge in [-0.2, -0.15) is 13.2 Å². The van der Waals surface area contributed by atoms with Gasteiger partial charge in [0, 0.05) is 19.2 Å². The monoisotopic (exact) mass is 442 g/mol. The number of hydrogen-bond acceptors (Lipinski definition) is 4. The van der Waals surface area contributed by atoms with Crippen molar-refractivity contribution in [1.82, 2.24) is 19.9 Å². The highest BCUT2D eigenvalue weighted by atomic mass is 19.4. The Morgan fingerprint density at radius 3 is 2.84 bits per heavy atom. The third-order valence-corrected chi connectivity index (χ3v) is 5.83. The molecule has 1 aromatic carbocycles. The number of fused-ring (bicyclic) bond motifs is 2. The summed E-state index contributed by atoms with van der Waals surface area (Å²) in [4.78, 5) is 22.2. The molecule has 1 N–H and O–H groups in total. The van der Waals surface area contributed by atoms with E-state index in [2.05, 4.69) is 15.3 Å². The second kappa shape index (κ2) is 7.96. The fourth-order valence-corrected chi connectivity index (χ4v) is 4.32. The van der Waals surface area contributed by atoms with Crippen LogP contribution >= 0.6 is 0 Å². The average molecular weight is 442 g/mol. The molecule has 3 aromatic rings. The maximum Gasteiger partial charge on any atom is 0.416 e. The fraction of sp³-hybridized carbons (Fsp3) is 0.348. The molecule has 32 heavy (non-hydrogen) atoms. The van der Waals surface area contributed by atoms with Crippen LogP contribution in [0.2, 0.25) is 0 Å². The number of imidazole rings is 1. The van der Waals surface area contributed by atoms with E-state index in [1.165, 1.54) is 6.07 Å². The molecule has 2 aromatic heterocycles. The molecule has 1 atom stereocenters. The number of hydrogen-bond donors (Lipinski definition) is 1. The molecule has 0 saturated carbocycles. The SMILES string of the molecule is O=C(N[C@H]1COc2ccc(C(F)(F)F)cc2C1)c1nc2n(c1-c1ccccn1)CCCC2. The summed E-state index contributed by atoms with van der Waals surface area (Å²) in [5, 5.41) is 2.90. The van der Waals surface area contributed by atoms with Crippen LogP contribution in [0.25, 0.3) is 11.4 Å². The van der Waals surface area contributed by atoms with Gasteiger partial charge in [-0.05, 0) is 55.2 Å². The molecule has 0 aliphatic carbocycles. The number of nitrogens with one attached hydrogen (secondary N) is 1. The molecule has 0 bridgehead atoms. The highest BCUT2D eigenvalue weighted by molar-refractivity contribution is 5.98. The predicted molar refractivity (Wildman–Crippen MR) is 110 cm³/mol. The summed E-state index contributed by atoms with van der Waals surface area (Å²) < 4.78 is 46.9. The summed E-state index contributed by atoms with van der Waals surface area (Å²) in [5.41, 5.74) is 1.32. The summed E-state index contributed by atoms with van der Waals surface area (Å²) in [6.45, 7) is 0.943. The molecule has 2 aliphatic heterocycles. The van der Waals surface area contributed by atoms with Gasteiger partial charge in [-0.3, -0.25) is 9.78 Å². The van der Waals surface area contributed by atoms with E-state index in [0.29, 0.717) is 22.7 Å². The minimum atomic E-state index is -4.43. The second-order valence-electron chi connectivity index (χ2n) is 8.05. The van der Waals surface area contributed by atoms with E-state index in [1.54, 1.807) is 6.20 Å². The lowest BCUT2D eigenvalue weighted by Crippen LogP contribution is -2.43. The smallest absolute Gasteiger partial charge is 0.416 e. The van der Waals surface area contributed by atoms with E-state index in [9.17, 15) is 18.0 Å². The Hall–Kier alpha value is -3.36. The summed E-state index contributed by atoms with van der Waals surface area (Å²) in [5.74, 6) is 0.883. The fourth-order valence-electron chi connectivity index (χ4n) is 4.32. The van der Waals surface area contributed by atoms with E-state index in [-0.39, 0.29) is 24.6 Å². The van der Waals surface area contributed by atoms with Crippen LogP contribution in [0.3, 0.4) is 0 Å². The maximum absolute atomic E-state index is 13.2. The van der Waals surface area contributed by atoms with E-state index >= 15 is 0 Å². The summed E-state index contributed by atoms with van der Waals surface area (Å²) in [6, 6.07) is 8.47. The molecule has 0 saturated heterocycles. The number of halogens is 3. The summed E-state index contributed by atoms with van der Waals surface area (Å²) >= 11 is 0. The van der Waals surface area contributed by atoms with E-state index < -0.39 is 17.8 Å². The van der Waals surface area contributed by atoms with Crippen molar-refractivity contribution >= 4 is 5.91 Å².